The molecule has 2 aromatic rings. The lowest BCUT2D eigenvalue weighted by Crippen LogP contribution is -2.35. The van der Waals surface area contributed by atoms with Crippen molar-refractivity contribution >= 4 is 39.8 Å². The Hall–Kier alpha value is -1.80. The molecule has 0 radical (unpaired) electrons. The summed E-state index contributed by atoms with van der Waals surface area (Å²) in [5.41, 5.74) is 2.43. The first kappa shape index (κ1) is 18.5. The molecule has 130 valence electrons. The molecule has 8 heteroatoms. The number of nitrogens with zero attached hydrogens (tertiary/aromatic N) is 3. The average molecular weight is 366 g/mol. The molecule has 0 aliphatic rings. The molecular formula is C16H23N5OS2. The molecule has 0 spiro atoms. The molecule has 1 heterocycles. The quantitative estimate of drug-likeness (QED) is 0.666. The summed E-state index contributed by atoms with van der Waals surface area (Å²) < 4.78 is 0.796. The first-order chi connectivity index (χ1) is 11.6. The molecule has 0 saturated carbocycles. The van der Waals surface area contributed by atoms with E-state index in [1.807, 2.05) is 0 Å². The van der Waals surface area contributed by atoms with Crippen LogP contribution in [0.5, 0.6) is 0 Å². The summed E-state index contributed by atoms with van der Waals surface area (Å²) in [7, 11) is 1.80. The zero-order valence-electron chi connectivity index (χ0n) is 14.2. The summed E-state index contributed by atoms with van der Waals surface area (Å²) in [6.45, 7) is 6.53. The molecule has 0 saturated heterocycles. The smallest absolute Gasteiger partial charge is 0.230 e. The molecule has 6 nitrogen and oxygen atoms in total. The second-order valence-corrected chi connectivity index (χ2v) is 7.38. The molecule has 0 aliphatic carbocycles. The lowest BCUT2D eigenvalue weighted by atomic mass is 10.2. The van der Waals surface area contributed by atoms with Gasteiger partial charge in [0.15, 0.2) is 4.34 Å². The Morgan fingerprint density at radius 1 is 1.38 bits per heavy atom. The van der Waals surface area contributed by atoms with Crippen LogP contribution in [0, 0.1) is 6.92 Å². The number of anilines is 2. The second-order valence-electron chi connectivity index (χ2n) is 5.18. The van der Waals surface area contributed by atoms with Crippen LogP contribution in [0.15, 0.2) is 28.6 Å². The van der Waals surface area contributed by atoms with Gasteiger partial charge in [0.25, 0.3) is 0 Å². The van der Waals surface area contributed by atoms with Gasteiger partial charge in [-0.1, -0.05) is 35.2 Å². The number of rotatable bonds is 9. The van der Waals surface area contributed by atoms with Crippen molar-refractivity contribution in [3.8, 4) is 0 Å². The van der Waals surface area contributed by atoms with E-state index >= 15 is 0 Å². The Morgan fingerprint density at radius 3 is 2.88 bits per heavy atom. The van der Waals surface area contributed by atoms with Crippen LogP contribution < -0.4 is 15.5 Å². The summed E-state index contributed by atoms with van der Waals surface area (Å²) >= 11 is 2.85. The zero-order chi connectivity index (χ0) is 17.4. The number of hydrogen-bond acceptors (Lipinski definition) is 7. The molecular weight excluding hydrogens is 342 g/mol. The second kappa shape index (κ2) is 9.48. The lowest BCUT2D eigenvalue weighted by molar-refractivity contribution is -0.118. The predicted molar refractivity (Wildman–Crippen MR) is 102 cm³/mol. The largest absolute Gasteiger partial charge is 0.370 e. The van der Waals surface area contributed by atoms with Gasteiger partial charge >= 0.3 is 0 Å². The fourth-order valence-corrected chi connectivity index (χ4v) is 3.71. The van der Waals surface area contributed by atoms with Gasteiger partial charge in [-0.2, -0.15) is 0 Å². The Morgan fingerprint density at radius 2 is 2.21 bits per heavy atom. The Balaban J connectivity index is 1.72. The van der Waals surface area contributed by atoms with Gasteiger partial charge in [0.1, 0.15) is 0 Å². The Bertz CT molecular complexity index is 661. The number of likely N-dealkylation sites (N-methyl/N-ethyl adjacent to an activating group) is 1. The van der Waals surface area contributed by atoms with Crippen molar-refractivity contribution in [3.05, 3.63) is 29.8 Å². The molecule has 24 heavy (non-hydrogen) atoms. The van der Waals surface area contributed by atoms with E-state index in [0.717, 1.165) is 22.6 Å². The van der Waals surface area contributed by atoms with Crippen LogP contribution in [-0.2, 0) is 4.79 Å². The molecule has 1 amide bonds. The fraction of sp³-hybridized carbons (Fsp3) is 0.438. The van der Waals surface area contributed by atoms with Crippen LogP contribution >= 0.6 is 23.1 Å². The van der Waals surface area contributed by atoms with E-state index in [-0.39, 0.29) is 5.91 Å². The number of nitrogens with one attached hydrogen (secondary N) is 2. The highest BCUT2D eigenvalue weighted by molar-refractivity contribution is 8.01. The topological polar surface area (TPSA) is 70.2 Å². The van der Waals surface area contributed by atoms with Gasteiger partial charge in [-0.05, 0) is 31.5 Å². The number of carbonyl (C=O) groups excluding carboxylic acids is 1. The molecule has 1 aromatic carbocycles. The van der Waals surface area contributed by atoms with Gasteiger partial charge in [0.2, 0.25) is 11.0 Å². The SMILES string of the molecule is CCN(CCNC(=O)CSc1nnc(NC)s1)c1cccc(C)c1. The maximum atomic E-state index is 11.9. The fourth-order valence-electron chi connectivity index (χ4n) is 2.17. The van der Waals surface area contributed by atoms with Crippen LogP contribution in [0.2, 0.25) is 0 Å². The zero-order valence-corrected chi connectivity index (χ0v) is 15.8. The van der Waals surface area contributed by atoms with Gasteiger partial charge in [-0.15, -0.1) is 10.2 Å². The van der Waals surface area contributed by atoms with Crippen molar-refractivity contribution < 1.29 is 4.79 Å². The number of thioether (sulfide) groups is 1. The molecule has 0 fully saturated rings. The number of amides is 1. The Labute approximate surface area is 151 Å². The summed E-state index contributed by atoms with van der Waals surface area (Å²) in [4.78, 5) is 14.2. The van der Waals surface area contributed by atoms with E-state index in [9.17, 15) is 4.79 Å². The number of hydrogen-bond donors (Lipinski definition) is 2. The minimum atomic E-state index is 0.0153. The monoisotopic (exact) mass is 365 g/mol. The van der Waals surface area contributed by atoms with E-state index < -0.39 is 0 Å². The summed E-state index contributed by atoms with van der Waals surface area (Å²) in [6, 6.07) is 8.41. The molecule has 1 aromatic heterocycles. The third kappa shape index (κ3) is 5.68. The number of aryl methyl sites for hydroxylation is 1. The minimum absolute atomic E-state index is 0.0153. The van der Waals surface area contributed by atoms with Crippen LogP contribution in [0.4, 0.5) is 10.8 Å². The first-order valence-corrected chi connectivity index (χ1v) is 9.65. The van der Waals surface area contributed by atoms with Gasteiger partial charge in [-0.3, -0.25) is 4.79 Å². The van der Waals surface area contributed by atoms with E-state index in [4.69, 9.17) is 0 Å². The number of aromatic nitrogens is 2. The summed E-state index contributed by atoms with van der Waals surface area (Å²) in [6.07, 6.45) is 0. The van der Waals surface area contributed by atoms with Crippen molar-refractivity contribution in [1.29, 1.82) is 0 Å². The van der Waals surface area contributed by atoms with Crippen LogP contribution in [-0.4, -0.2) is 48.5 Å². The highest BCUT2D eigenvalue weighted by atomic mass is 32.2. The molecule has 0 unspecified atom stereocenters. The maximum Gasteiger partial charge on any atom is 0.230 e. The lowest BCUT2D eigenvalue weighted by Gasteiger charge is -2.23. The molecule has 2 N–H and O–H groups in total. The maximum absolute atomic E-state index is 11.9. The molecule has 0 aliphatic heterocycles. The Kier molecular flexibility index (Phi) is 7.33. The van der Waals surface area contributed by atoms with Crippen molar-refractivity contribution in [2.24, 2.45) is 0 Å². The van der Waals surface area contributed by atoms with Crippen molar-refractivity contribution in [3.63, 3.8) is 0 Å². The van der Waals surface area contributed by atoms with Crippen molar-refractivity contribution in [1.82, 2.24) is 15.5 Å². The predicted octanol–water partition coefficient (Wildman–Crippen LogP) is 2.62. The van der Waals surface area contributed by atoms with Crippen LogP contribution in [0.25, 0.3) is 0 Å². The minimum Gasteiger partial charge on any atom is -0.370 e. The standard InChI is InChI=1S/C16H23N5OS2/c1-4-21(13-7-5-6-12(2)10-13)9-8-18-14(22)11-23-16-20-19-15(17-3)24-16/h5-7,10H,4,8-9,11H2,1-3H3,(H,17,19)(H,18,22). The summed E-state index contributed by atoms with van der Waals surface area (Å²) in [5, 5.41) is 14.6. The number of benzene rings is 1. The first-order valence-electron chi connectivity index (χ1n) is 7.84. The van der Waals surface area contributed by atoms with Gasteiger partial charge in [0, 0.05) is 32.4 Å². The third-order valence-electron chi connectivity index (χ3n) is 3.40. The number of carbonyl (C=O) groups is 1. The molecule has 2 rings (SSSR count). The average Bonchev–Trinajstić information content (AvgIpc) is 3.05. The van der Waals surface area contributed by atoms with Crippen molar-refractivity contribution in [2.45, 2.75) is 18.2 Å². The highest BCUT2D eigenvalue weighted by Crippen LogP contribution is 2.24. The van der Waals surface area contributed by atoms with Crippen molar-refractivity contribution in [2.75, 3.05) is 42.7 Å². The van der Waals surface area contributed by atoms with E-state index in [2.05, 4.69) is 63.8 Å². The van der Waals surface area contributed by atoms with Gasteiger partial charge in [-0.25, -0.2) is 0 Å². The summed E-state index contributed by atoms with van der Waals surface area (Å²) in [5.74, 6) is 0.371. The van der Waals surface area contributed by atoms with Gasteiger partial charge in [0.05, 0.1) is 5.75 Å². The third-order valence-corrected chi connectivity index (χ3v) is 5.47. The van der Waals surface area contributed by atoms with E-state index in [1.165, 1.54) is 34.3 Å². The molecule has 0 bridgehead atoms. The normalized spacial score (nSPS) is 10.5. The van der Waals surface area contributed by atoms with E-state index in [1.54, 1.807) is 7.05 Å². The van der Waals surface area contributed by atoms with Crippen LogP contribution in [0.3, 0.4) is 0 Å². The van der Waals surface area contributed by atoms with Gasteiger partial charge < -0.3 is 15.5 Å². The van der Waals surface area contributed by atoms with Crippen LogP contribution in [0.1, 0.15) is 12.5 Å². The van der Waals surface area contributed by atoms with E-state index in [0.29, 0.717) is 12.3 Å². The molecule has 0 atom stereocenters. The highest BCUT2D eigenvalue weighted by Gasteiger charge is 2.08.